The average Bonchev–Trinajstić information content (AvgIpc) is 2.81. The summed E-state index contributed by atoms with van der Waals surface area (Å²) in [6.45, 7) is 3.96. The fraction of sp³-hybridized carbons (Fsp3) is 0.583. The molecule has 3 atom stereocenters. The molecule has 1 N–H and O–H groups in total. The van der Waals surface area contributed by atoms with Crippen molar-refractivity contribution in [1.29, 1.82) is 0 Å². The van der Waals surface area contributed by atoms with Gasteiger partial charge in [-0.05, 0) is 12.5 Å². The van der Waals surface area contributed by atoms with E-state index in [1.165, 1.54) is 6.20 Å². The normalized spacial score (nSPS) is 27.1. The molecule has 2 rings (SSSR count). The van der Waals surface area contributed by atoms with Gasteiger partial charge in [0.2, 0.25) is 0 Å². The standard InChI is InChI=1S/C12H17N3O4/c1-7-4-8(2)12(18-3)19-11(7)5-9-10(15(16)17)6-13-14-9/h4,6-7,11-12H,5H2,1-3H3,(H,13,14). The Balaban J connectivity index is 2.15. The summed E-state index contributed by atoms with van der Waals surface area (Å²) in [5.41, 5.74) is 1.49. The molecule has 0 saturated carbocycles. The van der Waals surface area contributed by atoms with Crippen molar-refractivity contribution in [3.63, 3.8) is 0 Å². The second kappa shape index (κ2) is 5.50. The molecule has 0 saturated heterocycles. The van der Waals surface area contributed by atoms with E-state index in [9.17, 15) is 10.1 Å². The smallest absolute Gasteiger partial charge is 0.309 e. The van der Waals surface area contributed by atoms with E-state index in [4.69, 9.17) is 9.47 Å². The van der Waals surface area contributed by atoms with Gasteiger partial charge in [0, 0.05) is 19.4 Å². The fourth-order valence-electron chi connectivity index (χ4n) is 2.28. The second-order valence-corrected chi connectivity index (χ2v) is 4.71. The van der Waals surface area contributed by atoms with Gasteiger partial charge in [-0.2, -0.15) is 5.10 Å². The molecule has 1 aromatic heterocycles. The van der Waals surface area contributed by atoms with E-state index < -0.39 is 4.92 Å². The zero-order chi connectivity index (χ0) is 14.0. The van der Waals surface area contributed by atoms with E-state index in [1.54, 1.807) is 7.11 Å². The number of rotatable bonds is 4. The topological polar surface area (TPSA) is 90.3 Å². The SMILES string of the molecule is COC1OC(Cc2[nH]ncc2[N+](=O)[O-])C(C)C=C1C. The minimum absolute atomic E-state index is 0.00366. The van der Waals surface area contributed by atoms with Crippen LogP contribution in [-0.2, 0) is 15.9 Å². The van der Waals surface area contributed by atoms with Crippen molar-refractivity contribution in [2.75, 3.05) is 7.11 Å². The van der Waals surface area contributed by atoms with E-state index in [0.717, 1.165) is 5.57 Å². The van der Waals surface area contributed by atoms with Gasteiger partial charge in [0.25, 0.3) is 0 Å². The van der Waals surface area contributed by atoms with Crippen LogP contribution < -0.4 is 0 Å². The number of aromatic amines is 1. The first-order valence-electron chi connectivity index (χ1n) is 6.06. The molecule has 0 aromatic carbocycles. The van der Waals surface area contributed by atoms with Gasteiger partial charge < -0.3 is 9.47 Å². The first-order valence-corrected chi connectivity index (χ1v) is 6.06. The third-order valence-electron chi connectivity index (χ3n) is 3.29. The summed E-state index contributed by atoms with van der Waals surface area (Å²) in [7, 11) is 1.58. The zero-order valence-electron chi connectivity index (χ0n) is 11.1. The van der Waals surface area contributed by atoms with Crippen molar-refractivity contribution in [2.45, 2.75) is 32.7 Å². The monoisotopic (exact) mass is 267 g/mol. The molecule has 0 bridgehead atoms. The molecule has 1 aliphatic rings. The summed E-state index contributed by atoms with van der Waals surface area (Å²) >= 11 is 0. The number of nitrogens with one attached hydrogen (secondary N) is 1. The highest BCUT2D eigenvalue weighted by molar-refractivity contribution is 5.32. The first-order chi connectivity index (χ1) is 9.02. The Morgan fingerprint density at radius 3 is 3.00 bits per heavy atom. The van der Waals surface area contributed by atoms with Crippen LogP contribution in [0.1, 0.15) is 19.5 Å². The molecule has 0 spiro atoms. The van der Waals surface area contributed by atoms with Crippen molar-refractivity contribution in [2.24, 2.45) is 5.92 Å². The zero-order valence-corrected chi connectivity index (χ0v) is 11.1. The molecule has 1 aliphatic heterocycles. The quantitative estimate of drug-likeness (QED) is 0.510. The van der Waals surface area contributed by atoms with Crippen LogP contribution in [0.4, 0.5) is 5.69 Å². The molecular weight excluding hydrogens is 250 g/mol. The highest BCUT2D eigenvalue weighted by Crippen LogP contribution is 2.28. The van der Waals surface area contributed by atoms with Crippen LogP contribution in [0.15, 0.2) is 17.8 Å². The van der Waals surface area contributed by atoms with Crippen molar-refractivity contribution in [1.82, 2.24) is 10.2 Å². The van der Waals surface area contributed by atoms with E-state index in [-0.39, 0.29) is 24.0 Å². The van der Waals surface area contributed by atoms with Crippen molar-refractivity contribution < 1.29 is 14.4 Å². The third kappa shape index (κ3) is 2.82. The molecule has 0 radical (unpaired) electrons. The van der Waals surface area contributed by atoms with Crippen molar-refractivity contribution in [3.8, 4) is 0 Å². The van der Waals surface area contributed by atoms with E-state index >= 15 is 0 Å². The van der Waals surface area contributed by atoms with E-state index in [0.29, 0.717) is 12.1 Å². The average molecular weight is 267 g/mol. The van der Waals surface area contributed by atoms with Crippen LogP contribution in [0.2, 0.25) is 0 Å². The second-order valence-electron chi connectivity index (χ2n) is 4.71. The lowest BCUT2D eigenvalue weighted by molar-refractivity contribution is -0.385. The summed E-state index contributed by atoms with van der Waals surface area (Å²) < 4.78 is 11.0. The van der Waals surface area contributed by atoms with Crippen molar-refractivity contribution >= 4 is 5.69 Å². The molecule has 2 heterocycles. The van der Waals surface area contributed by atoms with Gasteiger partial charge in [0.1, 0.15) is 11.9 Å². The largest absolute Gasteiger partial charge is 0.352 e. The molecule has 0 aliphatic carbocycles. The minimum atomic E-state index is -0.443. The lowest BCUT2D eigenvalue weighted by Gasteiger charge is -2.32. The maximum atomic E-state index is 10.8. The number of H-pyrrole nitrogens is 1. The summed E-state index contributed by atoms with van der Waals surface area (Å²) in [4.78, 5) is 10.4. The van der Waals surface area contributed by atoms with Crippen LogP contribution in [0.25, 0.3) is 0 Å². The van der Waals surface area contributed by atoms with Crippen LogP contribution in [0, 0.1) is 16.0 Å². The Hall–Kier alpha value is -1.73. The predicted octanol–water partition coefficient (Wildman–Crippen LogP) is 1.81. The van der Waals surface area contributed by atoms with Crippen LogP contribution >= 0.6 is 0 Å². The highest BCUT2D eigenvalue weighted by Gasteiger charge is 2.30. The molecule has 0 amide bonds. The predicted molar refractivity (Wildman–Crippen MR) is 67.5 cm³/mol. The maximum Gasteiger partial charge on any atom is 0.309 e. The van der Waals surface area contributed by atoms with Gasteiger partial charge in [0.15, 0.2) is 6.29 Å². The summed E-state index contributed by atoms with van der Waals surface area (Å²) in [6.07, 6.45) is 3.14. The van der Waals surface area contributed by atoms with Gasteiger partial charge in [-0.1, -0.05) is 13.0 Å². The number of aromatic nitrogens is 2. The molecule has 1 aromatic rings. The maximum absolute atomic E-state index is 10.8. The minimum Gasteiger partial charge on any atom is -0.352 e. The Labute approximate surface area is 110 Å². The van der Waals surface area contributed by atoms with Crippen LogP contribution in [0.5, 0.6) is 0 Å². The van der Waals surface area contributed by atoms with Gasteiger partial charge in [-0.3, -0.25) is 15.2 Å². The molecule has 0 fully saturated rings. The number of nitro groups is 1. The summed E-state index contributed by atoms with van der Waals surface area (Å²) in [6, 6.07) is 0. The Bertz CT molecular complexity index is 497. The third-order valence-corrected chi connectivity index (χ3v) is 3.29. The Morgan fingerprint density at radius 2 is 2.37 bits per heavy atom. The highest BCUT2D eigenvalue weighted by atomic mass is 16.7. The van der Waals surface area contributed by atoms with Crippen molar-refractivity contribution in [3.05, 3.63) is 33.7 Å². The summed E-state index contributed by atoms with van der Waals surface area (Å²) in [5.74, 6) is 0.161. The number of ether oxygens (including phenoxy) is 2. The lowest BCUT2D eigenvalue weighted by atomic mass is 9.94. The van der Waals surface area contributed by atoms with Gasteiger partial charge in [-0.15, -0.1) is 0 Å². The first kappa shape index (κ1) is 13.7. The Kier molecular flexibility index (Phi) is 3.96. The number of nitrogens with zero attached hydrogens (tertiary/aromatic N) is 2. The van der Waals surface area contributed by atoms with Gasteiger partial charge in [0.05, 0.1) is 11.0 Å². The molecule has 7 nitrogen and oxygen atoms in total. The summed E-state index contributed by atoms with van der Waals surface area (Å²) in [5, 5.41) is 17.2. The number of methoxy groups -OCH3 is 1. The molecule has 19 heavy (non-hydrogen) atoms. The lowest BCUT2D eigenvalue weighted by Crippen LogP contribution is -2.35. The number of hydrogen-bond acceptors (Lipinski definition) is 5. The van der Waals surface area contributed by atoms with E-state index in [1.807, 2.05) is 13.8 Å². The molecule has 3 unspecified atom stereocenters. The molecule has 7 heteroatoms. The fourth-order valence-corrected chi connectivity index (χ4v) is 2.28. The van der Waals surface area contributed by atoms with E-state index in [2.05, 4.69) is 16.3 Å². The van der Waals surface area contributed by atoms with Crippen LogP contribution in [0.3, 0.4) is 0 Å². The van der Waals surface area contributed by atoms with Gasteiger partial charge in [-0.25, -0.2) is 0 Å². The molecule has 104 valence electrons. The van der Waals surface area contributed by atoms with Gasteiger partial charge >= 0.3 is 5.69 Å². The van der Waals surface area contributed by atoms with Crippen LogP contribution in [-0.4, -0.2) is 34.6 Å². The molecular formula is C12H17N3O4. The number of hydrogen-bond donors (Lipinski definition) is 1. The Morgan fingerprint density at radius 1 is 1.63 bits per heavy atom.